The van der Waals surface area contributed by atoms with Gasteiger partial charge >= 0.3 is 0 Å². The van der Waals surface area contributed by atoms with E-state index in [2.05, 4.69) is 183 Å². The van der Waals surface area contributed by atoms with Crippen LogP contribution in [0, 0.1) is 23.7 Å². The van der Waals surface area contributed by atoms with Gasteiger partial charge < -0.3 is 4.90 Å². The summed E-state index contributed by atoms with van der Waals surface area (Å²) >= 11 is 1.88. The van der Waals surface area contributed by atoms with Crippen molar-refractivity contribution >= 4 is 48.6 Å². The Labute approximate surface area is 328 Å². The van der Waals surface area contributed by atoms with Crippen molar-refractivity contribution in [1.82, 2.24) is 0 Å². The second kappa shape index (κ2) is 12.8. The zero-order chi connectivity index (χ0) is 36.7. The molecule has 2 bridgehead atoms. The van der Waals surface area contributed by atoms with Gasteiger partial charge in [-0.05, 0) is 131 Å². The van der Waals surface area contributed by atoms with Crippen molar-refractivity contribution in [3.8, 4) is 33.4 Å². The van der Waals surface area contributed by atoms with E-state index in [1.54, 1.807) is 11.1 Å². The highest BCUT2D eigenvalue weighted by atomic mass is 32.1. The van der Waals surface area contributed by atoms with Gasteiger partial charge in [0.2, 0.25) is 0 Å². The van der Waals surface area contributed by atoms with Crippen LogP contribution in [0.5, 0.6) is 0 Å². The predicted molar refractivity (Wildman–Crippen MR) is 235 cm³/mol. The lowest BCUT2D eigenvalue weighted by molar-refractivity contribution is 0.0426. The molecule has 7 aromatic carbocycles. The number of hydrogen-bond acceptors (Lipinski definition) is 2. The predicted octanol–water partition coefficient (Wildman–Crippen LogP) is 15.2. The minimum absolute atomic E-state index is 0.0986. The van der Waals surface area contributed by atoms with Crippen LogP contribution < -0.4 is 4.90 Å². The van der Waals surface area contributed by atoms with E-state index in [4.69, 9.17) is 0 Å². The highest BCUT2D eigenvalue weighted by molar-refractivity contribution is 7.25. The summed E-state index contributed by atoms with van der Waals surface area (Å²) in [4.78, 5) is 2.48. The van der Waals surface area contributed by atoms with Gasteiger partial charge in [-0.15, -0.1) is 11.3 Å². The molecule has 11 rings (SSSR count). The lowest BCUT2D eigenvalue weighted by Crippen LogP contribution is -2.49. The number of fused-ring (bicyclic) bond motifs is 11. The number of thiophene rings is 1. The molecule has 0 radical (unpaired) electrons. The van der Waals surface area contributed by atoms with E-state index in [0.29, 0.717) is 11.8 Å². The summed E-state index contributed by atoms with van der Waals surface area (Å²) < 4.78 is 2.64. The summed E-state index contributed by atoms with van der Waals surface area (Å²) in [5, 5.41) is 2.65. The topological polar surface area (TPSA) is 3.24 Å². The quantitative estimate of drug-likeness (QED) is 0.171. The molecule has 2 saturated carbocycles. The van der Waals surface area contributed by atoms with Gasteiger partial charge in [-0.25, -0.2) is 0 Å². The summed E-state index contributed by atoms with van der Waals surface area (Å²) in [6.07, 6.45) is 5.44. The molecule has 1 unspecified atom stereocenters. The van der Waals surface area contributed by atoms with Crippen molar-refractivity contribution in [2.24, 2.45) is 23.7 Å². The van der Waals surface area contributed by atoms with Crippen molar-refractivity contribution < 1.29 is 0 Å². The summed E-state index contributed by atoms with van der Waals surface area (Å²) in [6.45, 7) is 5.07. The third-order valence-corrected chi connectivity index (χ3v) is 14.7. The Bertz CT molecular complexity index is 2720. The molecule has 1 heterocycles. The molecular weight excluding hydrogens is 683 g/mol. The van der Waals surface area contributed by atoms with E-state index in [1.165, 1.54) is 90.6 Å². The van der Waals surface area contributed by atoms with E-state index in [0.717, 1.165) is 17.5 Å². The summed E-state index contributed by atoms with van der Waals surface area (Å²) in [5.74, 6) is 3.00. The summed E-state index contributed by atoms with van der Waals surface area (Å²) in [7, 11) is 0. The van der Waals surface area contributed by atoms with Crippen LogP contribution in [-0.4, -0.2) is 0 Å². The van der Waals surface area contributed by atoms with E-state index < -0.39 is 0 Å². The monoisotopic (exact) mass is 727 g/mol. The van der Waals surface area contributed by atoms with E-state index in [-0.39, 0.29) is 5.41 Å². The fourth-order valence-corrected chi connectivity index (χ4v) is 12.7. The Morgan fingerprint density at radius 1 is 0.491 bits per heavy atom. The second-order valence-corrected chi connectivity index (χ2v) is 17.8. The van der Waals surface area contributed by atoms with Crippen LogP contribution in [0.3, 0.4) is 0 Å². The standard InChI is InChI=1S/C53H45NS/c1-34-28-36-30-35(2)53(40(29-34)31-36)48-17-9-6-15-44(48)47-32-39(22-27-49(47)53)43-14-7-10-18-50(43)54(41-23-20-38(21-24-41)37-12-4-3-5-13-37)42-25-26-46-45-16-8-11-19-51(45)55-52(46)33-42/h3-27,32-36,40H,28-31H2,1-2H3/t34-,35+,36?,40-,53-/m1/s1. The highest BCUT2D eigenvalue weighted by Gasteiger charge is 2.56. The maximum absolute atomic E-state index is 2.57. The third kappa shape index (κ3) is 5.11. The molecule has 55 heavy (non-hydrogen) atoms. The Balaban J connectivity index is 1.08. The fourth-order valence-electron chi connectivity index (χ4n) is 11.5. The largest absolute Gasteiger partial charge is 0.310 e. The Kier molecular flexibility index (Phi) is 7.68. The normalized spacial score (nSPS) is 22.5. The first-order valence-corrected chi connectivity index (χ1v) is 21.1. The first-order valence-electron chi connectivity index (χ1n) is 20.3. The third-order valence-electron chi connectivity index (χ3n) is 13.6. The first-order chi connectivity index (χ1) is 27.1. The molecular formula is C53H45NS. The van der Waals surface area contributed by atoms with Crippen LogP contribution in [0.1, 0.15) is 50.7 Å². The molecule has 0 N–H and O–H groups in total. The zero-order valence-electron chi connectivity index (χ0n) is 31.6. The maximum Gasteiger partial charge on any atom is 0.0540 e. The average Bonchev–Trinajstić information content (AvgIpc) is 3.74. The average molecular weight is 728 g/mol. The zero-order valence-corrected chi connectivity index (χ0v) is 32.4. The van der Waals surface area contributed by atoms with Crippen LogP contribution in [0.4, 0.5) is 17.1 Å². The van der Waals surface area contributed by atoms with Gasteiger partial charge in [0.05, 0.1) is 5.69 Å². The Morgan fingerprint density at radius 2 is 1.16 bits per heavy atom. The van der Waals surface area contributed by atoms with Crippen molar-refractivity contribution in [3.63, 3.8) is 0 Å². The minimum atomic E-state index is 0.0986. The van der Waals surface area contributed by atoms with Crippen LogP contribution in [-0.2, 0) is 5.41 Å². The van der Waals surface area contributed by atoms with Gasteiger partial charge in [-0.3, -0.25) is 0 Å². The SMILES string of the molecule is C[C@@H]1CC2C[C@@H](C1)[C@@]1(c3ccccc3-c3cc(-c4ccccc4N(c4ccc(-c5ccccc5)cc4)c4ccc5c(c4)sc4ccccc45)ccc31)[C@@H](C)C2. The molecule has 1 nitrogen and oxygen atoms in total. The van der Waals surface area contributed by atoms with Gasteiger partial charge in [0.1, 0.15) is 0 Å². The van der Waals surface area contributed by atoms with Gasteiger partial charge in [0.15, 0.2) is 0 Å². The van der Waals surface area contributed by atoms with Crippen molar-refractivity contribution in [2.45, 2.75) is 44.9 Å². The Hall–Kier alpha value is -5.44. The molecule has 0 amide bonds. The molecule has 2 fully saturated rings. The molecule has 8 aromatic rings. The van der Waals surface area contributed by atoms with Crippen LogP contribution in [0.15, 0.2) is 164 Å². The molecule has 1 spiro atoms. The Morgan fingerprint density at radius 3 is 2.04 bits per heavy atom. The fraction of sp³-hybridized carbons (Fsp3) is 0.208. The number of nitrogens with zero attached hydrogens (tertiary/aromatic N) is 1. The first kappa shape index (κ1) is 32.9. The maximum atomic E-state index is 2.57. The molecule has 0 saturated heterocycles. The van der Waals surface area contributed by atoms with Crippen molar-refractivity contribution in [1.29, 1.82) is 0 Å². The smallest absolute Gasteiger partial charge is 0.0540 e. The van der Waals surface area contributed by atoms with Crippen LogP contribution in [0.2, 0.25) is 0 Å². The van der Waals surface area contributed by atoms with Crippen LogP contribution >= 0.6 is 11.3 Å². The molecule has 1 aromatic heterocycles. The molecule has 268 valence electrons. The van der Waals surface area contributed by atoms with Crippen LogP contribution in [0.25, 0.3) is 53.6 Å². The second-order valence-electron chi connectivity index (χ2n) is 16.7. The van der Waals surface area contributed by atoms with E-state index in [9.17, 15) is 0 Å². The lowest BCUT2D eigenvalue weighted by Gasteiger charge is -2.54. The van der Waals surface area contributed by atoms with Gasteiger partial charge in [-0.2, -0.15) is 0 Å². The molecule has 5 atom stereocenters. The summed E-state index contributed by atoms with van der Waals surface area (Å²) in [5.41, 5.74) is 14.6. The summed E-state index contributed by atoms with van der Waals surface area (Å²) in [6, 6.07) is 61.6. The minimum Gasteiger partial charge on any atom is -0.310 e. The van der Waals surface area contributed by atoms with Gasteiger partial charge in [0, 0.05) is 42.5 Å². The number of hydrogen-bond donors (Lipinski definition) is 0. The number of benzene rings is 7. The molecule has 3 aliphatic carbocycles. The van der Waals surface area contributed by atoms with E-state index in [1.807, 2.05) is 11.3 Å². The number of anilines is 3. The molecule has 0 aliphatic heterocycles. The number of para-hydroxylation sites is 1. The lowest BCUT2D eigenvalue weighted by atomic mass is 9.49. The highest BCUT2D eigenvalue weighted by Crippen LogP contribution is 2.64. The van der Waals surface area contributed by atoms with Crippen molar-refractivity contribution in [3.05, 3.63) is 175 Å². The van der Waals surface area contributed by atoms with E-state index >= 15 is 0 Å². The van der Waals surface area contributed by atoms with Gasteiger partial charge in [0.25, 0.3) is 0 Å². The van der Waals surface area contributed by atoms with Gasteiger partial charge in [-0.1, -0.05) is 135 Å². The van der Waals surface area contributed by atoms with Crippen molar-refractivity contribution in [2.75, 3.05) is 4.90 Å². The molecule has 3 aliphatic rings. The molecule has 2 heteroatoms. The number of rotatable bonds is 5.